The summed E-state index contributed by atoms with van der Waals surface area (Å²) < 4.78 is 0. The molecule has 0 fully saturated rings. The van der Waals surface area contributed by atoms with Crippen molar-refractivity contribution < 1.29 is 0 Å². The van der Waals surface area contributed by atoms with E-state index in [2.05, 4.69) is 34.6 Å². The molecule has 1 radical (unpaired) electrons. The van der Waals surface area contributed by atoms with Crippen LogP contribution in [0.3, 0.4) is 0 Å². The summed E-state index contributed by atoms with van der Waals surface area (Å²) in [5, 5.41) is 0. The molecule has 0 aliphatic carbocycles. The van der Waals surface area contributed by atoms with Gasteiger partial charge in [-0.05, 0) is 30.6 Å². The topological polar surface area (TPSA) is 0 Å². The van der Waals surface area contributed by atoms with Gasteiger partial charge in [0.1, 0.15) is 0 Å². The number of hydrogen-bond donors (Lipinski definition) is 0. The van der Waals surface area contributed by atoms with Gasteiger partial charge in [-0.1, -0.05) is 47.5 Å². The Labute approximate surface area is 78.8 Å². The van der Waals surface area contributed by atoms with E-state index in [-0.39, 0.29) is 0 Å². The highest BCUT2D eigenvalue weighted by molar-refractivity contribution is 4.84. The Morgan fingerprint density at radius 2 is 1.58 bits per heavy atom. The molecule has 12 heavy (non-hydrogen) atoms. The van der Waals surface area contributed by atoms with Gasteiger partial charge in [0.2, 0.25) is 0 Å². The zero-order valence-electron chi connectivity index (χ0n) is 9.48. The van der Waals surface area contributed by atoms with Crippen LogP contribution in [0.1, 0.15) is 60.3 Å². The average Bonchev–Trinajstić information content (AvgIpc) is 1.84. The second-order valence-corrected chi connectivity index (χ2v) is 4.84. The Morgan fingerprint density at radius 1 is 1.00 bits per heavy atom. The van der Waals surface area contributed by atoms with Gasteiger partial charge in [-0.2, -0.15) is 0 Å². The molecule has 0 saturated heterocycles. The van der Waals surface area contributed by atoms with Gasteiger partial charge in [0.25, 0.3) is 0 Å². The first-order chi connectivity index (χ1) is 5.52. The molecule has 0 nitrogen and oxygen atoms in total. The molecule has 0 bridgehead atoms. The fourth-order valence-corrected chi connectivity index (χ4v) is 1.61. The Kier molecular flexibility index (Phi) is 6.51. The highest BCUT2D eigenvalue weighted by atomic mass is 14.1. The number of hydrogen-bond acceptors (Lipinski definition) is 0. The van der Waals surface area contributed by atoms with E-state index in [9.17, 15) is 0 Å². The van der Waals surface area contributed by atoms with Crippen LogP contribution in [0.4, 0.5) is 0 Å². The predicted octanol–water partition coefficient (Wildman–Crippen LogP) is 4.45. The van der Waals surface area contributed by atoms with Gasteiger partial charge in [0.05, 0.1) is 0 Å². The molecular formula is C12H25. The summed E-state index contributed by atoms with van der Waals surface area (Å²) in [6.07, 6.45) is 5.43. The molecule has 0 N–H and O–H groups in total. The lowest BCUT2D eigenvalue weighted by Crippen LogP contribution is -1.98. The largest absolute Gasteiger partial charge is 0.0628 e. The molecule has 0 amide bonds. The van der Waals surface area contributed by atoms with Gasteiger partial charge in [-0.3, -0.25) is 0 Å². The van der Waals surface area contributed by atoms with Gasteiger partial charge >= 0.3 is 0 Å². The van der Waals surface area contributed by atoms with E-state index in [4.69, 9.17) is 0 Å². The smallest absolute Gasteiger partial charge is 0.0269 e. The van der Waals surface area contributed by atoms with Gasteiger partial charge < -0.3 is 0 Å². The molecule has 0 aromatic heterocycles. The second-order valence-electron chi connectivity index (χ2n) is 4.84. The van der Waals surface area contributed by atoms with Crippen LogP contribution in [0.5, 0.6) is 0 Å². The fourth-order valence-electron chi connectivity index (χ4n) is 1.61. The van der Waals surface area contributed by atoms with Gasteiger partial charge in [0, 0.05) is 0 Å². The minimum absolute atomic E-state index is 0.837. The highest BCUT2D eigenvalue weighted by Crippen LogP contribution is 2.20. The van der Waals surface area contributed by atoms with Crippen molar-refractivity contribution in [2.45, 2.75) is 60.3 Å². The van der Waals surface area contributed by atoms with E-state index in [1.807, 2.05) is 0 Å². The first-order valence-corrected chi connectivity index (χ1v) is 5.33. The zero-order valence-corrected chi connectivity index (χ0v) is 9.48. The van der Waals surface area contributed by atoms with Crippen molar-refractivity contribution in [1.29, 1.82) is 0 Å². The minimum Gasteiger partial charge on any atom is -0.0628 e. The van der Waals surface area contributed by atoms with Crippen molar-refractivity contribution in [3.8, 4) is 0 Å². The van der Waals surface area contributed by atoms with Crippen LogP contribution in [0.2, 0.25) is 0 Å². The van der Waals surface area contributed by atoms with E-state index in [0.717, 1.165) is 11.8 Å². The van der Waals surface area contributed by atoms with Crippen LogP contribution < -0.4 is 0 Å². The molecule has 0 rings (SSSR count). The summed E-state index contributed by atoms with van der Waals surface area (Å²) in [7, 11) is 0. The Hall–Kier alpha value is 0. The zero-order chi connectivity index (χ0) is 9.56. The first kappa shape index (κ1) is 12.0. The third kappa shape index (κ3) is 8.10. The van der Waals surface area contributed by atoms with Crippen molar-refractivity contribution in [3.05, 3.63) is 5.92 Å². The lowest BCUT2D eigenvalue weighted by Gasteiger charge is -2.13. The van der Waals surface area contributed by atoms with E-state index >= 15 is 0 Å². The van der Waals surface area contributed by atoms with E-state index < -0.39 is 0 Å². The SMILES string of the molecule is C[C](CCCC(C)C)CC(C)C. The maximum absolute atomic E-state index is 2.31. The van der Waals surface area contributed by atoms with Crippen molar-refractivity contribution in [2.24, 2.45) is 11.8 Å². The van der Waals surface area contributed by atoms with Crippen molar-refractivity contribution in [1.82, 2.24) is 0 Å². The Bertz CT molecular complexity index is 92.2. The minimum atomic E-state index is 0.837. The molecule has 0 spiro atoms. The summed E-state index contributed by atoms with van der Waals surface area (Å²) in [6.45, 7) is 11.5. The lowest BCUT2D eigenvalue weighted by atomic mass is 9.93. The monoisotopic (exact) mass is 169 g/mol. The Balaban J connectivity index is 3.25. The molecule has 0 aromatic rings. The predicted molar refractivity (Wildman–Crippen MR) is 57.1 cm³/mol. The highest BCUT2D eigenvalue weighted by Gasteiger charge is 2.05. The van der Waals surface area contributed by atoms with Crippen LogP contribution >= 0.6 is 0 Å². The third-order valence-electron chi connectivity index (χ3n) is 2.14. The van der Waals surface area contributed by atoms with Crippen LogP contribution in [0.25, 0.3) is 0 Å². The van der Waals surface area contributed by atoms with Crippen molar-refractivity contribution in [2.75, 3.05) is 0 Å². The van der Waals surface area contributed by atoms with Crippen molar-refractivity contribution in [3.63, 3.8) is 0 Å². The molecule has 0 heterocycles. The summed E-state index contributed by atoms with van der Waals surface area (Å²) in [6, 6.07) is 0. The van der Waals surface area contributed by atoms with Crippen LogP contribution in [-0.2, 0) is 0 Å². The molecule has 0 aliphatic heterocycles. The first-order valence-electron chi connectivity index (χ1n) is 5.33. The molecule has 0 unspecified atom stereocenters. The van der Waals surface area contributed by atoms with E-state index in [1.165, 1.54) is 25.7 Å². The normalized spacial score (nSPS) is 12.0. The maximum atomic E-state index is 2.31. The molecule has 0 aliphatic rings. The average molecular weight is 169 g/mol. The summed E-state index contributed by atoms with van der Waals surface area (Å²) in [5.74, 6) is 3.39. The molecule has 0 saturated carbocycles. The van der Waals surface area contributed by atoms with Gasteiger partial charge in [0.15, 0.2) is 0 Å². The standard InChI is InChI=1S/C12H25/c1-10(2)7-6-8-12(5)9-11(3)4/h10-11H,6-9H2,1-5H3. The summed E-state index contributed by atoms with van der Waals surface area (Å²) in [4.78, 5) is 0. The lowest BCUT2D eigenvalue weighted by molar-refractivity contribution is 0.509. The van der Waals surface area contributed by atoms with Crippen LogP contribution in [-0.4, -0.2) is 0 Å². The van der Waals surface area contributed by atoms with Gasteiger partial charge in [-0.25, -0.2) is 0 Å². The fraction of sp³-hybridized carbons (Fsp3) is 0.917. The maximum Gasteiger partial charge on any atom is -0.0269 e. The quantitative estimate of drug-likeness (QED) is 0.551. The Morgan fingerprint density at radius 3 is 2.00 bits per heavy atom. The molecule has 0 atom stereocenters. The molecule has 0 heteroatoms. The molecular weight excluding hydrogens is 144 g/mol. The molecule has 0 aromatic carbocycles. The van der Waals surface area contributed by atoms with Crippen molar-refractivity contribution >= 4 is 0 Å². The third-order valence-corrected chi connectivity index (χ3v) is 2.14. The van der Waals surface area contributed by atoms with Crippen LogP contribution in [0, 0.1) is 17.8 Å². The van der Waals surface area contributed by atoms with Gasteiger partial charge in [-0.15, -0.1) is 0 Å². The summed E-state index contributed by atoms with van der Waals surface area (Å²) in [5.41, 5.74) is 0. The summed E-state index contributed by atoms with van der Waals surface area (Å²) >= 11 is 0. The van der Waals surface area contributed by atoms with E-state index in [0.29, 0.717) is 0 Å². The van der Waals surface area contributed by atoms with E-state index in [1.54, 1.807) is 5.92 Å². The molecule has 73 valence electrons. The van der Waals surface area contributed by atoms with Crippen LogP contribution in [0.15, 0.2) is 0 Å². The number of rotatable bonds is 6. The second kappa shape index (κ2) is 6.51.